The number of H-pyrrole nitrogens is 1. The molecule has 0 unspecified atom stereocenters. The van der Waals surface area contributed by atoms with Gasteiger partial charge in [0.25, 0.3) is 0 Å². The van der Waals surface area contributed by atoms with Crippen molar-refractivity contribution in [2.24, 2.45) is 5.92 Å². The van der Waals surface area contributed by atoms with Crippen molar-refractivity contribution in [3.63, 3.8) is 0 Å². The summed E-state index contributed by atoms with van der Waals surface area (Å²) in [5.41, 5.74) is 1.11. The predicted molar refractivity (Wildman–Crippen MR) is 96.8 cm³/mol. The van der Waals surface area contributed by atoms with Gasteiger partial charge in [-0.05, 0) is 50.2 Å². The number of nitrogens with zero attached hydrogens (tertiary/aromatic N) is 1. The molecule has 1 amide bonds. The normalized spacial score (nSPS) is 15.1. The van der Waals surface area contributed by atoms with Crippen molar-refractivity contribution in [3.8, 4) is 11.5 Å². The number of nitrogens with one attached hydrogen (secondary N) is 3. The highest BCUT2D eigenvalue weighted by Gasteiger charge is 2.21. The molecule has 1 aliphatic rings. The number of anilines is 1. The number of carbonyl (C=O) groups excluding carboxylic acids is 1. The monoisotopic (exact) mass is 354 g/mol. The second kappa shape index (κ2) is 7.13. The van der Waals surface area contributed by atoms with Gasteiger partial charge in [0.05, 0.1) is 5.39 Å². The Bertz CT molecular complexity index is 934. The van der Waals surface area contributed by atoms with Gasteiger partial charge in [0.1, 0.15) is 11.4 Å². The van der Waals surface area contributed by atoms with E-state index < -0.39 is 5.82 Å². The van der Waals surface area contributed by atoms with Crippen LogP contribution in [0.1, 0.15) is 12.8 Å². The Hall–Kier alpha value is -2.93. The van der Waals surface area contributed by atoms with E-state index in [0.717, 1.165) is 31.3 Å². The number of rotatable bonds is 4. The average Bonchev–Trinajstić information content (AvgIpc) is 3.14. The number of hydrogen-bond donors (Lipinski definition) is 3. The van der Waals surface area contributed by atoms with Crippen molar-refractivity contribution in [1.82, 2.24) is 15.3 Å². The molecule has 3 heterocycles. The number of fused-ring (bicyclic) bond motifs is 1. The molecule has 0 bridgehead atoms. The lowest BCUT2D eigenvalue weighted by atomic mass is 9.97. The summed E-state index contributed by atoms with van der Waals surface area (Å²) in [6, 6.07) is 7.95. The highest BCUT2D eigenvalue weighted by atomic mass is 19.1. The molecule has 1 aromatic carbocycles. The number of piperidine rings is 1. The van der Waals surface area contributed by atoms with Gasteiger partial charge in [0.15, 0.2) is 11.6 Å². The molecule has 0 aliphatic carbocycles. The zero-order valence-electron chi connectivity index (χ0n) is 14.1. The minimum atomic E-state index is -0.534. The number of benzene rings is 1. The van der Waals surface area contributed by atoms with E-state index in [-0.39, 0.29) is 17.6 Å². The zero-order valence-corrected chi connectivity index (χ0v) is 14.1. The summed E-state index contributed by atoms with van der Waals surface area (Å²) >= 11 is 0. The third-order valence-electron chi connectivity index (χ3n) is 4.55. The first-order valence-corrected chi connectivity index (χ1v) is 8.62. The highest BCUT2D eigenvalue weighted by molar-refractivity contribution is 5.92. The van der Waals surface area contributed by atoms with Gasteiger partial charge in [0.2, 0.25) is 5.91 Å². The summed E-state index contributed by atoms with van der Waals surface area (Å²) in [5.74, 6) is -0.0227. The third kappa shape index (κ3) is 3.39. The number of aromatic amines is 1. The summed E-state index contributed by atoms with van der Waals surface area (Å²) in [5, 5.41) is 6.79. The van der Waals surface area contributed by atoms with Gasteiger partial charge < -0.3 is 20.4 Å². The molecule has 134 valence electrons. The van der Waals surface area contributed by atoms with Crippen molar-refractivity contribution >= 4 is 22.6 Å². The first kappa shape index (κ1) is 16.5. The second-order valence-electron chi connectivity index (χ2n) is 6.31. The molecule has 26 heavy (non-hydrogen) atoms. The van der Waals surface area contributed by atoms with Crippen LogP contribution in [0.3, 0.4) is 0 Å². The number of aromatic nitrogens is 2. The lowest BCUT2D eigenvalue weighted by Gasteiger charge is -2.21. The van der Waals surface area contributed by atoms with E-state index in [1.54, 1.807) is 24.5 Å². The average molecular weight is 354 g/mol. The van der Waals surface area contributed by atoms with Crippen LogP contribution in [-0.2, 0) is 4.79 Å². The number of hydrogen-bond acceptors (Lipinski definition) is 4. The first-order chi connectivity index (χ1) is 12.7. The Kier molecular flexibility index (Phi) is 4.53. The highest BCUT2D eigenvalue weighted by Crippen LogP contribution is 2.31. The smallest absolute Gasteiger partial charge is 0.227 e. The van der Waals surface area contributed by atoms with Gasteiger partial charge in [-0.15, -0.1) is 0 Å². The summed E-state index contributed by atoms with van der Waals surface area (Å²) < 4.78 is 20.1. The van der Waals surface area contributed by atoms with E-state index in [1.165, 1.54) is 12.1 Å². The molecule has 1 saturated heterocycles. The standard InChI is InChI=1S/C19H19FN4O2/c20-15-11-13(24-19(25)12-3-7-21-8-4-12)1-2-17(15)26-16-6-10-23-18-14(16)5-9-22-18/h1-2,5-6,9-12,21H,3-4,7-8H2,(H,22,23)(H,24,25). The van der Waals surface area contributed by atoms with E-state index in [1.807, 2.05) is 6.07 Å². The maximum atomic E-state index is 14.4. The summed E-state index contributed by atoms with van der Waals surface area (Å²) in [7, 11) is 0. The van der Waals surface area contributed by atoms with Crippen LogP contribution in [-0.4, -0.2) is 29.0 Å². The third-order valence-corrected chi connectivity index (χ3v) is 4.55. The molecule has 0 saturated carbocycles. The molecular weight excluding hydrogens is 335 g/mol. The van der Waals surface area contributed by atoms with Crippen LogP contribution in [0.2, 0.25) is 0 Å². The van der Waals surface area contributed by atoms with E-state index >= 15 is 0 Å². The Labute approximate surface area is 149 Å². The van der Waals surface area contributed by atoms with Gasteiger partial charge in [-0.3, -0.25) is 4.79 Å². The number of carbonyl (C=O) groups is 1. The summed E-state index contributed by atoms with van der Waals surface area (Å²) in [4.78, 5) is 19.4. The summed E-state index contributed by atoms with van der Waals surface area (Å²) in [6.07, 6.45) is 4.94. The molecule has 7 heteroatoms. The van der Waals surface area contributed by atoms with E-state index in [2.05, 4.69) is 20.6 Å². The van der Waals surface area contributed by atoms with E-state index in [9.17, 15) is 9.18 Å². The maximum Gasteiger partial charge on any atom is 0.227 e. The van der Waals surface area contributed by atoms with Crippen LogP contribution >= 0.6 is 0 Å². The van der Waals surface area contributed by atoms with Crippen LogP contribution in [0.4, 0.5) is 10.1 Å². The number of pyridine rings is 1. The molecule has 0 spiro atoms. The Balaban J connectivity index is 1.49. The molecule has 3 N–H and O–H groups in total. The van der Waals surface area contributed by atoms with Gasteiger partial charge in [-0.25, -0.2) is 9.37 Å². The minimum Gasteiger partial charge on any atom is -0.453 e. The molecule has 0 radical (unpaired) electrons. The quantitative estimate of drug-likeness (QED) is 0.671. The Morgan fingerprint density at radius 3 is 2.85 bits per heavy atom. The lowest BCUT2D eigenvalue weighted by molar-refractivity contribution is -0.120. The van der Waals surface area contributed by atoms with Crippen molar-refractivity contribution < 1.29 is 13.9 Å². The van der Waals surface area contributed by atoms with Gasteiger partial charge in [-0.1, -0.05) is 0 Å². The second-order valence-corrected chi connectivity index (χ2v) is 6.31. The minimum absolute atomic E-state index is 0.0334. The van der Waals surface area contributed by atoms with Crippen LogP contribution in [0, 0.1) is 11.7 Å². The van der Waals surface area contributed by atoms with Gasteiger partial charge in [-0.2, -0.15) is 0 Å². The largest absolute Gasteiger partial charge is 0.453 e. The van der Waals surface area contributed by atoms with Crippen molar-refractivity contribution in [1.29, 1.82) is 0 Å². The zero-order chi connectivity index (χ0) is 17.9. The fourth-order valence-electron chi connectivity index (χ4n) is 3.13. The van der Waals surface area contributed by atoms with Crippen molar-refractivity contribution in [2.75, 3.05) is 18.4 Å². The number of halogens is 1. The Morgan fingerprint density at radius 2 is 2.04 bits per heavy atom. The molecule has 3 aromatic rings. The van der Waals surface area contributed by atoms with Crippen molar-refractivity contribution in [2.45, 2.75) is 12.8 Å². The molecule has 6 nitrogen and oxygen atoms in total. The molecule has 4 rings (SSSR count). The van der Waals surface area contributed by atoms with E-state index in [4.69, 9.17) is 4.74 Å². The molecule has 1 fully saturated rings. The molecule has 2 aromatic heterocycles. The topological polar surface area (TPSA) is 79.0 Å². The van der Waals surface area contributed by atoms with Gasteiger partial charge in [0, 0.05) is 30.1 Å². The maximum absolute atomic E-state index is 14.4. The fraction of sp³-hybridized carbons (Fsp3) is 0.263. The SMILES string of the molecule is O=C(Nc1ccc(Oc2ccnc3[nH]ccc23)c(F)c1)C1CCNCC1. The predicted octanol–water partition coefficient (Wildman–Crippen LogP) is 3.43. The Morgan fingerprint density at radius 1 is 1.19 bits per heavy atom. The van der Waals surface area contributed by atoms with Crippen LogP contribution < -0.4 is 15.4 Å². The molecule has 1 aliphatic heterocycles. The van der Waals surface area contributed by atoms with Gasteiger partial charge >= 0.3 is 0 Å². The molecule has 0 atom stereocenters. The number of amides is 1. The fourth-order valence-corrected chi connectivity index (χ4v) is 3.13. The van der Waals surface area contributed by atoms with Crippen molar-refractivity contribution in [3.05, 3.63) is 48.5 Å². The van der Waals surface area contributed by atoms with Crippen LogP contribution in [0.5, 0.6) is 11.5 Å². The van der Waals surface area contributed by atoms with Crippen LogP contribution in [0.25, 0.3) is 11.0 Å². The number of ether oxygens (including phenoxy) is 1. The van der Waals surface area contributed by atoms with E-state index in [0.29, 0.717) is 17.1 Å². The molecular formula is C19H19FN4O2. The summed E-state index contributed by atoms with van der Waals surface area (Å²) in [6.45, 7) is 1.66. The first-order valence-electron chi connectivity index (χ1n) is 8.62. The van der Waals surface area contributed by atoms with Crippen LogP contribution in [0.15, 0.2) is 42.7 Å². The lowest BCUT2D eigenvalue weighted by Crippen LogP contribution is -2.34.